The summed E-state index contributed by atoms with van der Waals surface area (Å²) in [4.78, 5) is 22.2. The third-order valence-electron chi connectivity index (χ3n) is 4.06. The molecule has 134 valence electrons. The zero-order valence-corrected chi connectivity index (χ0v) is 15.7. The first-order valence-electron chi connectivity index (χ1n) is 8.10. The Morgan fingerprint density at radius 1 is 1.19 bits per heavy atom. The Hall–Kier alpha value is -2.83. The van der Waals surface area contributed by atoms with Gasteiger partial charge in [-0.2, -0.15) is 0 Å². The van der Waals surface area contributed by atoms with Gasteiger partial charge in [-0.05, 0) is 61.0 Å². The van der Waals surface area contributed by atoms with Crippen molar-refractivity contribution >= 4 is 44.9 Å². The Morgan fingerprint density at radius 3 is 2.78 bits per heavy atom. The summed E-state index contributed by atoms with van der Waals surface area (Å²) in [5, 5.41) is 3.76. The second-order valence-corrected chi connectivity index (χ2v) is 7.34. The number of thiazole rings is 1. The van der Waals surface area contributed by atoms with Crippen molar-refractivity contribution in [3.05, 3.63) is 76.7 Å². The maximum atomic E-state index is 13.2. The van der Waals surface area contributed by atoms with E-state index in [-0.39, 0.29) is 16.5 Å². The molecule has 0 aliphatic heterocycles. The van der Waals surface area contributed by atoms with Crippen LogP contribution in [0.4, 0.5) is 10.1 Å². The van der Waals surface area contributed by atoms with E-state index in [1.54, 1.807) is 6.20 Å². The van der Waals surface area contributed by atoms with E-state index in [1.165, 1.54) is 23.5 Å². The largest absolute Gasteiger partial charge is 0.322 e. The van der Waals surface area contributed by atoms with Crippen molar-refractivity contribution in [2.45, 2.75) is 6.92 Å². The van der Waals surface area contributed by atoms with Crippen LogP contribution in [0.2, 0.25) is 5.02 Å². The number of hydrogen-bond donors (Lipinski definition) is 1. The lowest BCUT2D eigenvalue weighted by Crippen LogP contribution is -2.13. The molecule has 0 saturated heterocycles. The van der Waals surface area contributed by atoms with Crippen LogP contribution in [0.25, 0.3) is 20.9 Å². The SMILES string of the molecule is Cc1cc(-c2nc3cccnc3s2)ccc1NC(=O)c1ccc(F)cc1Cl. The van der Waals surface area contributed by atoms with Gasteiger partial charge in [-0.15, -0.1) is 0 Å². The fraction of sp³-hybridized carbons (Fsp3) is 0.0500. The molecule has 0 bridgehead atoms. The van der Waals surface area contributed by atoms with E-state index in [1.807, 2.05) is 37.3 Å². The van der Waals surface area contributed by atoms with Crippen molar-refractivity contribution in [3.8, 4) is 10.6 Å². The quantitative estimate of drug-likeness (QED) is 0.481. The maximum absolute atomic E-state index is 13.2. The Kier molecular flexibility index (Phi) is 4.59. The molecule has 0 radical (unpaired) electrons. The molecule has 0 fully saturated rings. The predicted molar refractivity (Wildman–Crippen MR) is 107 cm³/mol. The minimum absolute atomic E-state index is 0.0729. The van der Waals surface area contributed by atoms with Gasteiger partial charge in [-0.3, -0.25) is 4.79 Å². The minimum Gasteiger partial charge on any atom is -0.322 e. The number of amides is 1. The van der Waals surface area contributed by atoms with E-state index < -0.39 is 5.82 Å². The van der Waals surface area contributed by atoms with Crippen molar-refractivity contribution in [2.75, 3.05) is 5.32 Å². The number of pyridine rings is 1. The molecule has 0 aliphatic rings. The van der Waals surface area contributed by atoms with E-state index in [2.05, 4.69) is 15.3 Å². The first-order chi connectivity index (χ1) is 13.0. The van der Waals surface area contributed by atoms with Crippen molar-refractivity contribution in [3.63, 3.8) is 0 Å². The van der Waals surface area contributed by atoms with Crippen LogP contribution >= 0.6 is 22.9 Å². The zero-order chi connectivity index (χ0) is 19.0. The van der Waals surface area contributed by atoms with Crippen LogP contribution in [-0.4, -0.2) is 15.9 Å². The normalized spacial score (nSPS) is 10.9. The van der Waals surface area contributed by atoms with Crippen LogP contribution in [0.3, 0.4) is 0 Å². The summed E-state index contributed by atoms with van der Waals surface area (Å²) in [6, 6.07) is 13.1. The van der Waals surface area contributed by atoms with Crippen LogP contribution in [0.5, 0.6) is 0 Å². The molecule has 0 spiro atoms. The monoisotopic (exact) mass is 397 g/mol. The molecule has 2 heterocycles. The molecule has 7 heteroatoms. The second kappa shape index (κ2) is 7.06. The van der Waals surface area contributed by atoms with Crippen LogP contribution in [0.15, 0.2) is 54.7 Å². The Balaban J connectivity index is 1.60. The average Bonchev–Trinajstić information content (AvgIpc) is 3.07. The fourth-order valence-corrected chi connectivity index (χ4v) is 3.85. The third kappa shape index (κ3) is 3.54. The van der Waals surface area contributed by atoms with Crippen molar-refractivity contribution < 1.29 is 9.18 Å². The number of nitrogens with one attached hydrogen (secondary N) is 1. The zero-order valence-electron chi connectivity index (χ0n) is 14.2. The highest BCUT2D eigenvalue weighted by atomic mass is 35.5. The number of fused-ring (bicyclic) bond motifs is 1. The summed E-state index contributed by atoms with van der Waals surface area (Å²) < 4.78 is 13.2. The number of anilines is 1. The van der Waals surface area contributed by atoms with Gasteiger partial charge >= 0.3 is 0 Å². The third-order valence-corrected chi connectivity index (χ3v) is 5.40. The molecular weight excluding hydrogens is 385 g/mol. The van der Waals surface area contributed by atoms with Gasteiger partial charge in [-0.25, -0.2) is 14.4 Å². The van der Waals surface area contributed by atoms with E-state index >= 15 is 0 Å². The van der Waals surface area contributed by atoms with Gasteiger partial charge in [-0.1, -0.05) is 22.9 Å². The maximum Gasteiger partial charge on any atom is 0.257 e. The second-order valence-electron chi connectivity index (χ2n) is 5.95. The highest BCUT2D eigenvalue weighted by molar-refractivity contribution is 7.21. The molecular formula is C20H13ClFN3OS. The molecule has 4 aromatic rings. The van der Waals surface area contributed by atoms with E-state index in [9.17, 15) is 9.18 Å². The Morgan fingerprint density at radius 2 is 2.04 bits per heavy atom. The molecule has 1 N–H and O–H groups in total. The first-order valence-corrected chi connectivity index (χ1v) is 9.30. The molecule has 1 amide bonds. The number of carbonyl (C=O) groups excluding carboxylic acids is 1. The van der Waals surface area contributed by atoms with Crippen molar-refractivity contribution in [2.24, 2.45) is 0 Å². The highest BCUT2D eigenvalue weighted by Gasteiger charge is 2.14. The van der Waals surface area contributed by atoms with Crippen LogP contribution in [0, 0.1) is 12.7 Å². The molecule has 2 aromatic heterocycles. The molecule has 0 aliphatic carbocycles. The number of benzene rings is 2. The fourth-order valence-electron chi connectivity index (χ4n) is 2.69. The van der Waals surface area contributed by atoms with Gasteiger partial charge in [0, 0.05) is 17.4 Å². The molecule has 0 atom stereocenters. The summed E-state index contributed by atoms with van der Waals surface area (Å²) >= 11 is 7.48. The first kappa shape index (κ1) is 17.6. The highest BCUT2D eigenvalue weighted by Crippen LogP contribution is 2.31. The van der Waals surface area contributed by atoms with Crippen LogP contribution < -0.4 is 5.32 Å². The van der Waals surface area contributed by atoms with Crippen LogP contribution in [-0.2, 0) is 0 Å². The summed E-state index contributed by atoms with van der Waals surface area (Å²) in [7, 11) is 0. The Bertz CT molecular complexity index is 1140. The van der Waals surface area contributed by atoms with E-state index in [4.69, 9.17) is 11.6 Å². The van der Waals surface area contributed by atoms with Crippen molar-refractivity contribution in [1.82, 2.24) is 9.97 Å². The van der Waals surface area contributed by atoms with Crippen molar-refractivity contribution in [1.29, 1.82) is 0 Å². The topological polar surface area (TPSA) is 54.9 Å². The van der Waals surface area contributed by atoms with Gasteiger partial charge < -0.3 is 5.32 Å². The van der Waals surface area contributed by atoms with Gasteiger partial charge in [0.2, 0.25) is 0 Å². The van der Waals surface area contributed by atoms with Gasteiger partial charge in [0.25, 0.3) is 5.91 Å². The van der Waals surface area contributed by atoms with E-state index in [0.717, 1.165) is 32.5 Å². The number of halogens is 2. The lowest BCUT2D eigenvalue weighted by atomic mass is 10.1. The van der Waals surface area contributed by atoms with Crippen LogP contribution in [0.1, 0.15) is 15.9 Å². The number of carbonyl (C=O) groups is 1. The summed E-state index contributed by atoms with van der Waals surface area (Å²) in [6.07, 6.45) is 1.74. The van der Waals surface area contributed by atoms with E-state index in [0.29, 0.717) is 5.69 Å². The average molecular weight is 398 g/mol. The molecule has 27 heavy (non-hydrogen) atoms. The smallest absolute Gasteiger partial charge is 0.257 e. The number of hydrogen-bond acceptors (Lipinski definition) is 4. The number of nitrogens with zero attached hydrogens (tertiary/aromatic N) is 2. The molecule has 4 rings (SSSR count). The molecule has 0 unspecified atom stereocenters. The molecule has 2 aromatic carbocycles. The Labute approximate surface area is 163 Å². The van der Waals surface area contributed by atoms with Gasteiger partial charge in [0.1, 0.15) is 21.2 Å². The number of aryl methyl sites for hydroxylation is 1. The number of aromatic nitrogens is 2. The van der Waals surface area contributed by atoms with Gasteiger partial charge in [0.15, 0.2) is 0 Å². The molecule has 4 nitrogen and oxygen atoms in total. The standard InChI is InChI=1S/C20H13ClFN3OS/c1-11-9-12(19-25-17-3-2-8-23-20(17)27-19)4-7-16(11)24-18(26)14-6-5-13(22)10-15(14)21/h2-10H,1H3,(H,24,26). The summed E-state index contributed by atoms with van der Waals surface area (Å²) in [5.74, 6) is -0.873. The van der Waals surface area contributed by atoms with Gasteiger partial charge in [0.05, 0.1) is 10.6 Å². The lowest BCUT2D eigenvalue weighted by molar-refractivity contribution is 0.102. The number of rotatable bonds is 3. The minimum atomic E-state index is -0.484. The predicted octanol–water partition coefficient (Wildman–Crippen LogP) is 5.71. The molecule has 0 saturated carbocycles. The summed E-state index contributed by atoms with van der Waals surface area (Å²) in [6.45, 7) is 1.90. The lowest BCUT2D eigenvalue weighted by Gasteiger charge is -2.10. The summed E-state index contributed by atoms with van der Waals surface area (Å²) in [5.41, 5.74) is 3.57.